The van der Waals surface area contributed by atoms with Crippen molar-refractivity contribution in [3.05, 3.63) is 29.6 Å². The van der Waals surface area contributed by atoms with Gasteiger partial charge in [-0.2, -0.15) is 0 Å². The van der Waals surface area contributed by atoms with Crippen LogP contribution in [0.4, 0.5) is 4.39 Å². The second kappa shape index (κ2) is 7.81. The minimum atomic E-state index is -0.475. The molecule has 0 aromatic heterocycles. The molecule has 0 unspecified atom stereocenters. The van der Waals surface area contributed by atoms with E-state index in [1.54, 1.807) is 6.07 Å². The Morgan fingerprint density at radius 2 is 2.15 bits per heavy atom. The van der Waals surface area contributed by atoms with Gasteiger partial charge in [-0.1, -0.05) is 19.9 Å². The van der Waals surface area contributed by atoms with Gasteiger partial charge in [0.15, 0.2) is 0 Å². The fraction of sp³-hybridized carbons (Fsp3) is 0.500. The normalized spacial score (nSPS) is 12.3. The third kappa shape index (κ3) is 4.79. The Bertz CT molecular complexity index is 452. The topological polar surface area (TPSA) is 76.4 Å². The number of hydrazine groups is 1. The first-order valence-corrected chi connectivity index (χ1v) is 6.55. The Balaban J connectivity index is 2.65. The van der Waals surface area contributed by atoms with Gasteiger partial charge in [-0.25, -0.2) is 10.2 Å². The first-order valence-electron chi connectivity index (χ1n) is 6.55. The molecule has 20 heavy (non-hydrogen) atoms. The maximum Gasteiger partial charge on any atom is 0.238 e. The Hall–Kier alpha value is -1.66. The zero-order valence-electron chi connectivity index (χ0n) is 12.1. The summed E-state index contributed by atoms with van der Waals surface area (Å²) in [7, 11) is 1.86. The van der Waals surface area contributed by atoms with Crippen LogP contribution in [0.25, 0.3) is 0 Å². The quantitative estimate of drug-likeness (QED) is 0.396. The largest absolute Gasteiger partial charge is 0.492 e. The van der Waals surface area contributed by atoms with Gasteiger partial charge in [0.2, 0.25) is 5.91 Å². The molecule has 1 amide bonds. The molecular formula is C14H22FN3O2. The highest BCUT2D eigenvalue weighted by Crippen LogP contribution is 2.18. The predicted molar refractivity (Wildman–Crippen MR) is 75.6 cm³/mol. The van der Waals surface area contributed by atoms with Crippen LogP contribution in [-0.2, 0) is 11.2 Å². The minimum Gasteiger partial charge on any atom is -0.492 e. The predicted octanol–water partition coefficient (Wildman–Crippen LogP) is 0.981. The Morgan fingerprint density at radius 1 is 1.45 bits per heavy atom. The molecule has 0 radical (unpaired) electrons. The van der Waals surface area contributed by atoms with Gasteiger partial charge in [-0.05, 0) is 24.6 Å². The molecule has 112 valence electrons. The van der Waals surface area contributed by atoms with E-state index >= 15 is 0 Å². The highest BCUT2D eigenvalue weighted by molar-refractivity contribution is 5.77. The number of nitrogens with two attached hydrogens (primary N) is 1. The Labute approximate surface area is 118 Å². The van der Waals surface area contributed by atoms with Crippen LogP contribution >= 0.6 is 0 Å². The fourth-order valence-corrected chi connectivity index (χ4v) is 1.78. The molecule has 1 aromatic rings. The van der Waals surface area contributed by atoms with E-state index in [4.69, 9.17) is 10.6 Å². The molecule has 1 atom stereocenters. The second-order valence-corrected chi connectivity index (χ2v) is 4.95. The van der Waals surface area contributed by atoms with Crippen LogP contribution in [0, 0.1) is 11.7 Å². The SMILES string of the molecule is CN[C@@H](COc1ccc(CC(=O)NN)c(F)c1)C(C)C. The molecule has 0 spiro atoms. The monoisotopic (exact) mass is 283 g/mol. The standard InChI is InChI=1S/C14H22FN3O2/c1-9(2)13(17-3)8-20-11-5-4-10(12(15)7-11)6-14(19)18-16/h4-5,7,9,13,17H,6,8,16H2,1-3H3,(H,18,19)/t13-/m0/s1. The van der Waals surface area contributed by atoms with Crippen molar-refractivity contribution in [1.29, 1.82) is 0 Å². The van der Waals surface area contributed by atoms with Gasteiger partial charge >= 0.3 is 0 Å². The number of hydrogen-bond donors (Lipinski definition) is 3. The maximum atomic E-state index is 13.8. The van der Waals surface area contributed by atoms with E-state index in [0.29, 0.717) is 18.3 Å². The third-order valence-electron chi connectivity index (χ3n) is 3.14. The first-order chi connectivity index (χ1) is 9.47. The van der Waals surface area contributed by atoms with E-state index < -0.39 is 11.7 Å². The van der Waals surface area contributed by atoms with E-state index in [1.165, 1.54) is 12.1 Å². The highest BCUT2D eigenvalue weighted by atomic mass is 19.1. The molecule has 0 aliphatic rings. The number of carbonyl (C=O) groups is 1. The van der Waals surface area contributed by atoms with Gasteiger partial charge in [0.25, 0.3) is 0 Å². The molecule has 6 heteroatoms. The lowest BCUT2D eigenvalue weighted by molar-refractivity contribution is -0.120. The molecule has 0 bridgehead atoms. The van der Waals surface area contributed by atoms with Crippen molar-refractivity contribution >= 4 is 5.91 Å². The van der Waals surface area contributed by atoms with E-state index in [0.717, 1.165) is 0 Å². The van der Waals surface area contributed by atoms with Crippen LogP contribution < -0.4 is 21.3 Å². The van der Waals surface area contributed by atoms with Crippen LogP contribution in [0.15, 0.2) is 18.2 Å². The second-order valence-electron chi connectivity index (χ2n) is 4.95. The fourth-order valence-electron chi connectivity index (χ4n) is 1.78. The van der Waals surface area contributed by atoms with Crippen molar-refractivity contribution in [3.63, 3.8) is 0 Å². The van der Waals surface area contributed by atoms with Gasteiger partial charge < -0.3 is 10.1 Å². The molecule has 1 aromatic carbocycles. The van der Waals surface area contributed by atoms with Crippen LogP contribution in [-0.4, -0.2) is 25.6 Å². The number of benzene rings is 1. The van der Waals surface area contributed by atoms with Crippen molar-refractivity contribution in [1.82, 2.24) is 10.7 Å². The lowest BCUT2D eigenvalue weighted by atomic mass is 10.1. The molecule has 0 saturated carbocycles. The number of ether oxygens (including phenoxy) is 1. The smallest absolute Gasteiger partial charge is 0.238 e. The highest BCUT2D eigenvalue weighted by Gasteiger charge is 2.13. The summed E-state index contributed by atoms with van der Waals surface area (Å²) in [6, 6.07) is 4.66. The lowest BCUT2D eigenvalue weighted by Crippen LogP contribution is -2.36. The van der Waals surface area contributed by atoms with Crippen molar-refractivity contribution in [3.8, 4) is 5.75 Å². The molecule has 0 fully saturated rings. The third-order valence-corrected chi connectivity index (χ3v) is 3.14. The average molecular weight is 283 g/mol. The summed E-state index contributed by atoms with van der Waals surface area (Å²) < 4.78 is 19.4. The summed E-state index contributed by atoms with van der Waals surface area (Å²) in [4.78, 5) is 11.1. The van der Waals surface area contributed by atoms with Crippen LogP contribution in [0.5, 0.6) is 5.75 Å². The molecular weight excluding hydrogens is 261 g/mol. The zero-order chi connectivity index (χ0) is 15.1. The average Bonchev–Trinajstić information content (AvgIpc) is 2.41. The summed E-state index contributed by atoms with van der Waals surface area (Å²) in [5.41, 5.74) is 2.26. The van der Waals surface area contributed by atoms with Crippen molar-refractivity contribution in [2.45, 2.75) is 26.3 Å². The summed E-state index contributed by atoms with van der Waals surface area (Å²) in [5.74, 6) is 4.92. The van der Waals surface area contributed by atoms with Crippen LogP contribution in [0.2, 0.25) is 0 Å². The number of likely N-dealkylation sites (N-methyl/N-ethyl adjacent to an activating group) is 1. The number of halogens is 1. The summed E-state index contributed by atoms with van der Waals surface area (Å²) >= 11 is 0. The number of amides is 1. The van der Waals surface area contributed by atoms with Gasteiger partial charge in [0.1, 0.15) is 18.2 Å². The molecule has 0 heterocycles. The van der Waals surface area contributed by atoms with Crippen LogP contribution in [0.3, 0.4) is 0 Å². The Kier molecular flexibility index (Phi) is 6.41. The van der Waals surface area contributed by atoms with Crippen molar-refractivity contribution in [2.24, 2.45) is 11.8 Å². The molecule has 4 N–H and O–H groups in total. The zero-order valence-corrected chi connectivity index (χ0v) is 12.1. The number of carbonyl (C=O) groups excluding carboxylic acids is 1. The van der Waals surface area contributed by atoms with Gasteiger partial charge in [0.05, 0.1) is 6.42 Å². The molecule has 1 rings (SSSR count). The Morgan fingerprint density at radius 3 is 2.65 bits per heavy atom. The van der Waals surface area contributed by atoms with E-state index in [9.17, 15) is 9.18 Å². The summed E-state index contributed by atoms with van der Waals surface area (Å²) in [6.07, 6.45) is -0.0895. The molecule has 5 nitrogen and oxygen atoms in total. The maximum absolute atomic E-state index is 13.8. The molecule has 0 aliphatic heterocycles. The number of rotatable bonds is 7. The molecule has 0 saturated heterocycles. The van der Waals surface area contributed by atoms with E-state index in [2.05, 4.69) is 19.2 Å². The van der Waals surface area contributed by atoms with Crippen LogP contribution in [0.1, 0.15) is 19.4 Å². The minimum absolute atomic E-state index is 0.0895. The van der Waals surface area contributed by atoms with Gasteiger partial charge in [-0.15, -0.1) is 0 Å². The van der Waals surface area contributed by atoms with Crippen molar-refractivity contribution < 1.29 is 13.9 Å². The van der Waals surface area contributed by atoms with E-state index in [1.807, 2.05) is 12.5 Å². The van der Waals surface area contributed by atoms with Gasteiger partial charge in [0, 0.05) is 12.1 Å². The van der Waals surface area contributed by atoms with Gasteiger partial charge in [-0.3, -0.25) is 10.2 Å². The summed E-state index contributed by atoms with van der Waals surface area (Å²) in [6.45, 7) is 4.62. The first kappa shape index (κ1) is 16.4. The molecule has 0 aliphatic carbocycles. The van der Waals surface area contributed by atoms with E-state index in [-0.39, 0.29) is 18.0 Å². The number of hydrogen-bond acceptors (Lipinski definition) is 4. The number of nitrogens with one attached hydrogen (secondary N) is 2. The summed E-state index contributed by atoms with van der Waals surface area (Å²) in [5, 5.41) is 3.15. The van der Waals surface area contributed by atoms with Crippen molar-refractivity contribution in [2.75, 3.05) is 13.7 Å². The lowest BCUT2D eigenvalue weighted by Gasteiger charge is -2.20.